The molecule has 17 heavy (non-hydrogen) atoms. The summed E-state index contributed by atoms with van der Waals surface area (Å²) in [4.78, 5) is 24.2. The van der Waals surface area contributed by atoms with E-state index in [0.29, 0.717) is 13.1 Å². The molecule has 98 valence electrons. The lowest BCUT2D eigenvalue weighted by atomic mass is 10.0. The first-order chi connectivity index (χ1) is 7.84. The molecule has 0 aromatic carbocycles. The topological polar surface area (TPSA) is 78.9 Å². The fraction of sp³-hybridized carbons (Fsp3) is 0.818. The van der Waals surface area contributed by atoms with Crippen LogP contribution in [0.3, 0.4) is 0 Å². The van der Waals surface area contributed by atoms with Crippen LogP contribution in [0.1, 0.15) is 26.7 Å². The van der Waals surface area contributed by atoms with Crippen LogP contribution in [-0.4, -0.2) is 53.8 Å². The minimum Gasteiger partial charge on any atom is -0.481 e. The van der Waals surface area contributed by atoms with E-state index in [1.165, 1.54) is 0 Å². The summed E-state index contributed by atoms with van der Waals surface area (Å²) >= 11 is 0. The van der Waals surface area contributed by atoms with Crippen LogP contribution in [-0.2, 0) is 9.53 Å². The smallest absolute Gasteiger partial charge is 0.317 e. The highest BCUT2D eigenvalue weighted by Gasteiger charge is 2.30. The number of hydrogen-bond donors (Lipinski definition) is 2. The molecule has 0 bridgehead atoms. The van der Waals surface area contributed by atoms with Gasteiger partial charge in [-0.25, -0.2) is 4.79 Å². The molecule has 0 aromatic heterocycles. The minimum absolute atomic E-state index is 0.0864. The SMILES string of the molecule is COC1CCN(C(=O)NC(C)(C)CC(=O)O)C1. The second kappa shape index (κ2) is 5.35. The molecule has 0 saturated carbocycles. The van der Waals surface area contributed by atoms with Gasteiger partial charge in [0.1, 0.15) is 0 Å². The van der Waals surface area contributed by atoms with Gasteiger partial charge in [-0.05, 0) is 20.3 Å². The number of carboxylic acids is 1. The number of methoxy groups -OCH3 is 1. The van der Waals surface area contributed by atoms with Crippen molar-refractivity contribution in [3.05, 3.63) is 0 Å². The minimum atomic E-state index is -0.925. The van der Waals surface area contributed by atoms with Crippen molar-refractivity contribution in [1.29, 1.82) is 0 Å². The number of nitrogens with one attached hydrogen (secondary N) is 1. The Kier molecular flexibility index (Phi) is 4.34. The molecule has 0 aliphatic carbocycles. The number of carbonyl (C=O) groups is 2. The molecule has 1 atom stereocenters. The average Bonchev–Trinajstić information content (AvgIpc) is 2.62. The van der Waals surface area contributed by atoms with Gasteiger partial charge in [0.25, 0.3) is 0 Å². The Balaban J connectivity index is 2.46. The first-order valence-corrected chi connectivity index (χ1v) is 5.66. The van der Waals surface area contributed by atoms with Gasteiger partial charge in [0.2, 0.25) is 0 Å². The van der Waals surface area contributed by atoms with E-state index in [-0.39, 0.29) is 18.6 Å². The Morgan fingerprint density at radius 3 is 2.65 bits per heavy atom. The number of aliphatic carboxylic acids is 1. The summed E-state index contributed by atoms with van der Waals surface area (Å²) in [5, 5.41) is 11.4. The molecule has 1 heterocycles. The lowest BCUT2D eigenvalue weighted by Gasteiger charge is -2.27. The molecule has 0 spiro atoms. The van der Waals surface area contributed by atoms with E-state index in [1.54, 1.807) is 25.9 Å². The van der Waals surface area contributed by atoms with Crippen LogP contribution in [0.2, 0.25) is 0 Å². The maximum Gasteiger partial charge on any atom is 0.317 e. The van der Waals surface area contributed by atoms with Crippen molar-refractivity contribution in [3.63, 3.8) is 0 Å². The first-order valence-electron chi connectivity index (χ1n) is 5.66. The van der Waals surface area contributed by atoms with E-state index in [4.69, 9.17) is 9.84 Å². The van der Waals surface area contributed by atoms with E-state index in [1.807, 2.05) is 0 Å². The summed E-state index contributed by atoms with van der Waals surface area (Å²) in [5.74, 6) is -0.925. The third-order valence-electron chi connectivity index (χ3n) is 2.80. The Bertz CT molecular complexity index is 304. The maximum absolute atomic E-state index is 11.9. The highest BCUT2D eigenvalue weighted by molar-refractivity contribution is 5.77. The molecule has 1 rings (SSSR count). The van der Waals surface area contributed by atoms with Gasteiger partial charge in [0.15, 0.2) is 0 Å². The van der Waals surface area contributed by atoms with Crippen molar-refractivity contribution in [3.8, 4) is 0 Å². The normalized spacial score (nSPS) is 20.4. The van der Waals surface area contributed by atoms with Crippen molar-refractivity contribution >= 4 is 12.0 Å². The number of carboxylic acid groups (broad SMARTS) is 1. The Morgan fingerprint density at radius 1 is 1.53 bits per heavy atom. The maximum atomic E-state index is 11.9. The zero-order chi connectivity index (χ0) is 13.1. The standard InChI is InChI=1S/C11H20N2O4/c1-11(2,6-9(14)15)12-10(16)13-5-4-8(7-13)17-3/h8H,4-7H2,1-3H3,(H,12,16)(H,14,15). The van der Waals surface area contributed by atoms with Crippen LogP contribution >= 0.6 is 0 Å². The van der Waals surface area contributed by atoms with E-state index >= 15 is 0 Å². The van der Waals surface area contributed by atoms with Crippen LogP contribution in [0, 0.1) is 0 Å². The van der Waals surface area contributed by atoms with Gasteiger partial charge in [-0.15, -0.1) is 0 Å². The molecular formula is C11H20N2O4. The van der Waals surface area contributed by atoms with Crippen LogP contribution in [0.15, 0.2) is 0 Å². The van der Waals surface area contributed by atoms with Crippen LogP contribution < -0.4 is 5.32 Å². The zero-order valence-corrected chi connectivity index (χ0v) is 10.5. The number of carbonyl (C=O) groups excluding carboxylic acids is 1. The molecule has 1 fully saturated rings. The fourth-order valence-corrected chi connectivity index (χ4v) is 1.90. The number of urea groups is 1. The van der Waals surface area contributed by atoms with Gasteiger partial charge < -0.3 is 20.1 Å². The number of nitrogens with zero attached hydrogens (tertiary/aromatic N) is 1. The summed E-state index contributed by atoms with van der Waals surface area (Å²) in [6, 6.07) is -0.226. The molecule has 0 aromatic rings. The lowest BCUT2D eigenvalue weighted by Crippen LogP contribution is -2.50. The lowest BCUT2D eigenvalue weighted by molar-refractivity contribution is -0.138. The highest BCUT2D eigenvalue weighted by Crippen LogP contribution is 2.14. The molecule has 6 heteroatoms. The molecule has 1 unspecified atom stereocenters. The number of hydrogen-bond acceptors (Lipinski definition) is 3. The number of ether oxygens (including phenoxy) is 1. The van der Waals surface area contributed by atoms with E-state index < -0.39 is 11.5 Å². The number of likely N-dealkylation sites (tertiary alicyclic amines) is 1. The monoisotopic (exact) mass is 244 g/mol. The predicted octanol–water partition coefficient (Wildman–Crippen LogP) is 0.670. The summed E-state index contributed by atoms with van der Waals surface area (Å²) < 4.78 is 5.17. The van der Waals surface area contributed by atoms with Crippen molar-refractivity contribution in [2.75, 3.05) is 20.2 Å². The molecule has 1 aliphatic heterocycles. The molecule has 6 nitrogen and oxygen atoms in total. The van der Waals surface area contributed by atoms with Crippen molar-refractivity contribution in [2.24, 2.45) is 0 Å². The molecule has 2 amide bonds. The number of amides is 2. The highest BCUT2D eigenvalue weighted by atomic mass is 16.5. The van der Waals surface area contributed by atoms with E-state index in [9.17, 15) is 9.59 Å². The summed E-state index contributed by atoms with van der Waals surface area (Å²) in [7, 11) is 1.63. The van der Waals surface area contributed by atoms with Gasteiger partial charge in [0, 0.05) is 25.7 Å². The Hall–Kier alpha value is -1.30. The molecule has 0 radical (unpaired) electrons. The van der Waals surface area contributed by atoms with Gasteiger partial charge in [-0.3, -0.25) is 4.79 Å². The summed E-state index contributed by atoms with van der Waals surface area (Å²) in [6.07, 6.45) is 0.812. The molecule has 2 N–H and O–H groups in total. The summed E-state index contributed by atoms with van der Waals surface area (Å²) in [6.45, 7) is 4.60. The number of rotatable bonds is 4. The van der Waals surface area contributed by atoms with Crippen LogP contribution in [0.4, 0.5) is 4.79 Å². The quantitative estimate of drug-likeness (QED) is 0.762. The molecule has 1 aliphatic rings. The summed E-state index contributed by atoms with van der Waals surface area (Å²) in [5.41, 5.74) is -0.742. The van der Waals surface area contributed by atoms with Gasteiger partial charge in [0.05, 0.1) is 12.5 Å². The zero-order valence-electron chi connectivity index (χ0n) is 10.5. The Morgan fingerprint density at radius 2 is 2.18 bits per heavy atom. The predicted molar refractivity (Wildman–Crippen MR) is 61.9 cm³/mol. The van der Waals surface area contributed by atoms with Crippen LogP contribution in [0.5, 0.6) is 0 Å². The third kappa shape index (κ3) is 4.22. The second-order valence-electron chi connectivity index (χ2n) is 4.98. The van der Waals surface area contributed by atoms with Gasteiger partial charge in [-0.1, -0.05) is 0 Å². The average molecular weight is 244 g/mol. The van der Waals surface area contributed by atoms with Gasteiger partial charge >= 0.3 is 12.0 Å². The van der Waals surface area contributed by atoms with Crippen molar-refractivity contribution in [1.82, 2.24) is 10.2 Å². The van der Waals surface area contributed by atoms with Crippen molar-refractivity contribution in [2.45, 2.75) is 38.3 Å². The van der Waals surface area contributed by atoms with Crippen molar-refractivity contribution < 1.29 is 19.4 Å². The molecule has 1 saturated heterocycles. The van der Waals surface area contributed by atoms with Crippen LogP contribution in [0.25, 0.3) is 0 Å². The first kappa shape index (κ1) is 13.8. The largest absolute Gasteiger partial charge is 0.481 e. The Labute approximate surface area is 101 Å². The fourth-order valence-electron chi connectivity index (χ4n) is 1.90. The molecular weight excluding hydrogens is 224 g/mol. The van der Waals surface area contributed by atoms with E-state index in [0.717, 1.165) is 6.42 Å². The third-order valence-corrected chi connectivity index (χ3v) is 2.80. The van der Waals surface area contributed by atoms with Gasteiger partial charge in [-0.2, -0.15) is 0 Å². The second-order valence-corrected chi connectivity index (χ2v) is 4.98. The van der Waals surface area contributed by atoms with E-state index in [2.05, 4.69) is 5.32 Å².